The van der Waals surface area contributed by atoms with Crippen molar-refractivity contribution in [1.29, 1.82) is 0 Å². The molecule has 0 bridgehead atoms. The minimum atomic E-state index is -0.868. The van der Waals surface area contributed by atoms with Crippen LogP contribution in [0.4, 0.5) is 29.7 Å². The summed E-state index contributed by atoms with van der Waals surface area (Å²) in [6, 6.07) is 0.839. The van der Waals surface area contributed by atoms with E-state index in [9.17, 15) is 23.2 Å². The van der Waals surface area contributed by atoms with Crippen molar-refractivity contribution in [2.24, 2.45) is 0 Å². The van der Waals surface area contributed by atoms with E-state index in [1.54, 1.807) is 0 Å². The van der Waals surface area contributed by atoms with E-state index in [1.807, 2.05) is 0 Å². The van der Waals surface area contributed by atoms with Crippen LogP contribution >= 0.6 is 0 Å². The average molecular weight is 355 g/mol. The molecule has 1 N–H and O–H groups in total. The number of nitrogens with one attached hydrogen (secondary N) is 1. The standard InChI is InChI=1S/C15H15F2N3O5/c1-7(21)18-4-8-5-20(15(23)25-8)11-3-10(16)13-9(12(11)17)6-24-14(22)19(13)2/h3,8H,4-6H2,1-2H3,(H,18,21). The van der Waals surface area contributed by atoms with Gasteiger partial charge >= 0.3 is 12.2 Å². The fourth-order valence-corrected chi connectivity index (χ4v) is 2.75. The van der Waals surface area contributed by atoms with Gasteiger partial charge in [-0.2, -0.15) is 0 Å². The number of carbonyl (C=O) groups excluding carboxylic acids is 3. The number of hydrogen-bond donors (Lipinski definition) is 1. The lowest BCUT2D eigenvalue weighted by molar-refractivity contribution is -0.119. The lowest BCUT2D eigenvalue weighted by Crippen LogP contribution is -2.35. The lowest BCUT2D eigenvalue weighted by Gasteiger charge is -2.28. The van der Waals surface area contributed by atoms with E-state index in [4.69, 9.17) is 9.47 Å². The number of anilines is 2. The number of carbonyl (C=O) groups is 3. The van der Waals surface area contributed by atoms with Crippen molar-refractivity contribution < 1.29 is 32.6 Å². The maximum Gasteiger partial charge on any atom is 0.414 e. The second kappa shape index (κ2) is 6.19. The Morgan fingerprint density at radius 1 is 1.36 bits per heavy atom. The third-order valence-corrected chi connectivity index (χ3v) is 3.96. The van der Waals surface area contributed by atoms with Gasteiger partial charge in [0.2, 0.25) is 5.91 Å². The Hall–Kier alpha value is -2.91. The highest BCUT2D eigenvalue weighted by Gasteiger charge is 2.37. The fourth-order valence-electron chi connectivity index (χ4n) is 2.75. The predicted octanol–water partition coefficient (Wildman–Crippen LogP) is 1.51. The van der Waals surface area contributed by atoms with E-state index in [0.29, 0.717) is 0 Å². The van der Waals surface area contributed by atoms with Gasteiger partial charge in [0, 0.05) is 20.0 Å². The molecule has 1 unspecified atom stereocenters. The van der Waals surface area contributed by atoms with Crippen molar-refractivity contribution in [2.75, 3.05) is 29.9 Å². The van der Waals surface area contributed by atoms with E-state index in [2.05, 4.69) is 5.32 Å². The number of fused-ring (bicyclic) bond motifs is 1. The normalized spacial score (nSPS) is 19.4. The maximum atomic E-state index is 14.8. The molecule has 1 aromatic carbocycles. The van der Waals surface area contributed by atoms with Crippen LogP contribution < -0.4 is 15.1 Å². The van der Waals surface area contributed by atoms with Gasteiger partial charge in [-0.05, 0) is 0 Å². The average Bonchev–Trinajstić information content (AvgIpc) is 2.92. The number of halogens is 2. The Balaban J connectivity index is 1.91. The van der Waals surface area contributed by atoms with E-state index >= 15 is 0 Å². The summed E-state index contributed by atoms with van der Waals surface area (Å²) in [5, 5.41) is 2.49. The van der Waals surface area contributed by atoms with Gasteiger partial charge in [0.1, 0.15) is 18.5 Å². The van der Waals surface area contributed by atoms with Crippen molar-refractivity contribution in [2.45, 2.75) is 19.6 Å². The van der Waals surface area contributed by atoms with Gasteiger partial charge in [0.05, 0.1) is 30.0 Å². The first-order valence-corrected chi connectivity index (χ1v) is 7.43. The van der Waals surface area contributed by atoms with Crippen LogP contribution in [0.2, 0.25) is 0 Å². The first-order valence-electron chi connectivity index (χ1n) is 7.43. The molecule has 3 amide bonds. The Bertz CT molecular complexity index is 770. The van der Waals surface area contributed by atoms with Crippen LogP contribution in [0.25, 0.3) is 0 Å². The van der Waals surface area contributed by atoms with Gasteiger partial charge < -0.3 is 14.8 Å². The summed E-state index contributed by atoms with van der Waals surface area (Å²) in [5.74, 6) is -2.03. The Kier molecular flexibility index (Phi) is 4.19. The highest BCUT2D eigenvalue weighted by molar-refractivity contribution is 5.93. The molecule has 1 atom stereocenters. The summed E-state index contributed by atoms with van der Waals surface area (Å²) in [6.45, 7) is 0.884. The summed E-state index contributed by atoms with van der Waals surface area (Å²) in [7, 11) is 1.26. The molecule has 10 heteroatoms. The Labute approximate surface area is 141 Å². The van der Waals surface area contributed by atoms with Crippen LogP contribution in [0.15, 0.2) is 6.07 Å². The largest absolute Gasteiger partial charge is 0.444 e. The Morgan fingerprint density at radius 2 is 2.08 bits per heavy atom. The lowest BCUT2D eigenvalue weighted by atomic mass is 10.1. The van der Waals surface area contributed by atoms with E-state index in [-0.39, 0.29) is 35.9 Å². The molecule has 0 aliphatic carbocycles. The summed E-state index contributed by atoms with van der Waals surface area (Å²) in [5.41, 5.74) is -0.687. The summed E-state index contributed by atoms with van der Waals surface area (Å²) in [6.07, 6.45) is -2.33. The number of benzene rings is 1. The summed E-state index contributed by atoms with van der Waals surface area (Å²) >= 11 is 0. The molecule has 1 saturated heterocycles. The number of hydrogen-bond acceptors (Lipinski definition) is 5. The van der Waals surface area contributed by atoms with Crippen molar-refractivity contribution in [3.63, 3.8) is 0 Å². The molecule has 0 radical (unpaired) electrons. The number of amides is 3. The minimum Gasteiger partial charge on any atom is -0.444 e. The SMILES string of the molecule is CC(=O)NCC1CN(c2cc(F)c3c(c2F)COC(=O)N3C)C(=O)O1. The molecular formula is C15H15F2N3O5. The van der Waals surface area contributed by atoms with Gasteiger partial charge in [0.15, 0.2) is 5.82 Å². The molecule has 3 rings (SSSR count). The predicted molar refractivity (Wildman–Crippen MR) is 81.2 cm³/mol. The fraction of sp³-hybridized carbons (Fsp3) is 0.400. The van der Waals surface area contributed by atoms with Gasteiger partial charge in [-0.3, -0.25) is 14.6 Å². The number of rotatable bonds is 3. The molecular weight excluding hydrogens is 340 g/mol. The summed E-state index contributed by atoms with van der Waals surface area (Å²) < 4.78 is 39.0. The highest BCUT2D eigenvalue weighted by Crippen LogP contribution is 2.37. The molecule has 1 aromatic rings. The molecule has 134 valence electrons. The second-order valence-electron chi connectivity index (χ2n) is 5.69. The molecule has 0 spiro atoms. The van der Waals surface area contributed by atoms with Crippen LogP contribution in [0.1, 0.15) is 12.5 Å². The molecule has 2 aliphatic rings. The highest BCUT2D eigenvalue weighted by atomic mass is 19.1. The zero-order valence-electron chi connectivity index (χ0n) is 13.5. The zero-order chi connectivity index (χ0) is 18.3. The van der Waals surface area contributed by atoms with Crippen LogP contribution in [0.3, 0.4) is 0 Å². The Morgan fingerprint density at radius 3 is 2.76 bits per heavy atom. The molecule has 0 saturated carbocycles. The first kappa shape index (κ1) is 16.9. The van der Waals surface area contributed by atoms with Crippen molar-refractivity contribution in [1.82, 2.24) is 5.32 Å². The zero-order valence-corrected chi connectivity index (χ0v) is 13.5. The van der Waals surface area contributed by atoms with E-state index < -0.39 is 36.5 Å². The number of ether oxygens (including phenoxy) is 2. The second-order valence-corrected chi connectivity index (χ2v) is 5.69. The van der Waals surface area contributed by atoms with Crippen LogP contribution in [0, 0.1) is 11.6 Å². The molecule has 25 heavy (non-hydrogen) atoms. The molecule has 1 fully saturated rings. The van der Waals surface area contributed by atoms with Gasteiger partial charge in [0.25, 0.3) is 0 Å². The van der Waals surface area contributed by atoms with Gasteiger partial charge in [-0.25, -0.2) is 18.4 Å². The number of nitrogens with zero attached hydrogens (tertiary/aromatic N) is 2. The molecule has 0 aromatic heterocycles. The van der Waals surface area contributed by atoms with Gasteiger partial charge in [-0.1, -0.05) is 0 Å². The van der Waals surface area contributed by atoms with Crippen LogP contribution in [-0.2, 0) is 20.9 Å². The van der Waals surface area contributed by atoms with Crippen LogP contribution in [0.5, 0.6) is 0 Å². The van der Waals surface area contributed by atoms with E-state index in [0.717, 1.165) is 15.9 Å². The third kappa shape index (κ3) is 2.94. The number of cyclic esters (lactones) is 2. The maximum absolute atomic E-state index is 14.8. The van der Waals surface area contributed by atoms with Crippen molar-refractivity contribution in [3.05, 3.63) is 23.3 Å². The quantitative estimate of drug-likeness (QED) is 0.888. The van der Waals surface area contributed by atoms with Gasteiger partial charge in [-0.15, -0.1) is 0 Å². The molecule has 2 aliphatic heterocycles. The topological polar surface area (TPSA) is 88.2 Å². The minimum absolute atomic E-state index is 0.0517. The molecule has 8 nitrogen and oxygen atoms in total. The van der Waals surface area contributed by atoms with E-state index in [1.165, 1.54) is 14.0 Å². The smallest absolute Gasteiger partial charge is 0.414 e. The van der Waals surface area contributed by atoms with Crippen molar-refractivity contribution in [3.8, 4) is 0 Å². The molecule has 2 heterocycles. The third-order valence-electron chi connectivity index (χ3n) is 3.96. The van der Waals surface area contributed by atoms with Crippen LogP contribution in [-0.4, -0.2) is 44.3 Å². The van der Waals surface area contributed by atoms with Crippen molar-refractivity contribution >= 4 is 29.5 Å². The summed E-state index contributed by atoms with van der Waals surface area (Å²) in [4.78, 5) is 36.2. The monoisotopic (exact) mass is 355 g/mol. The first-order chi connectivity index (χ1) is 11.8.